The van der Waals surface area contributed by atoms with Crippen LogP contribution in [-0.4, -0.2) is 36.2 Å². The molecule has 0 saturated carbocycles. The van der Waals surface area contributed by atoms with Crippen molar-refractivity contribution in [2.75, 3.05) is 26.2 Å². The quantitative estimate of drug-likeness (QED) is 0.821. The van der Waals surface area contributed by atoms with Crippen LogP contribution in [0, 0.1) is 5.82 Å². The van der Waals surface area contributed by atoms with Gasteiger partial charge in [0.2, 0.25) is 0 Å². The lowest BCUT2D eigenvalue weighted by atomic mass is 9.95. The maximum atomic E-state index is 13.9. The van der Waals surface area contributed by atoms with Crippen molar-refractivity contribution in [1.82, 2.24) is 10.2 Å². The minimum Gasteiger partial charge on any atom is -0.505 e. The van der Waals surface area contributed by atoms with Gasteiger partial charge in [-0.1, -0.05) is 6.07 Å². The Hall–Kier alpha value is -1.64. The van der Waals surface area contributed by atoms with Gasteiger partial charge in [0, 0.05) is 36.6 Å². The van der Waals surface area contributed by atoms with Crippen LogP contribution in [0.5, 0.6) is 5.75 Å². The molecule has 0 amide bonds. The number of halogens is 4. The molecule has 3 nitrogen and oxygen atoms in total. The summed E-state index contributed by atoms with van der Waals surface area (Å²) in [5.74, 6) is -1.98. The van der Waals surface area contributed by atoms with E-state index in [4.69, 9.17) is 0 Å². The standard InChI is InChI=1S/C16H16F4N2OS/c17-11-4-3-10(16(18,19)20)13(15(11)23)14(12-2-1-9-24-12)22-7-5-21-6-8-22/h1-4,9,14,21,23H,5-8H2/t14-/m1/s1. The molecule has 2 N–H and O–H groups in total. The number of benzene rings is 1. The summed E-state index contributed by atoms with van der Waals surface area (Å²) in [7, 11) is 0. The molecule has 1 saturated heterocycles. The Kier molecular flexibility index (Phi) is 4.80. The van der Waals surface area contributed by atoms with Gasteiger partial charge in [-0.2, -0.15) is 13.2 Å². The lowest BCUT2D eigenvalue weighted by Crippen LogP contribution is -2.45. The van der Waals surface area contributed by atoms with Crippen LogP contribution in [0.4, 0.5) is 17.6 Å². The summed E-state index contributed by atoms with van der Waals surface area (Å²) in [6.07, 6.45) is -4.68. The highest BCUT2D eigenvalue weighted by Gasteiger charge is 2.40. The van der Waals surface area contributed by atoms with Gasteiger partial charge in [-0.25, -0.2) is 4.39 Å². The van der Waals surface area contributed by atoms with E-state index < -0.39 is 34.9 Å². The molecule has 0 aliphatic carbocycles. The predicted octanol–water partition coefficient (Wildman–Crippen LogP) is 3.61. The zero-order chi connectivity index (χ0) is 17.3. The number of alkyl halides is 3. The van der Waals surface area contributed by atoms with E-state index in [0.29, 0.717) is 43.2 Å². The van der Waals surface area contributed by atoms with Crippen LogP contribution in [0.1, 0.15) is 22.0 Å². The van der Waals surface area contributed by atoms with Gasteiger partial charge in [0.1, 0.15) is 0 Å². The van der Waals surface area contributed by atoms with E-state index in [1.165, 1.54) is 11.3 Å². The fraction of sp³-hybridized carbons (Fsp3) is 0.375. The second kappa shape index (κ2) is 6.70. The summed E-state index contributed by atoms with van der Waals surface area (Å²) in [6.45, 7) is 2.27. The Morgan fingerprint density at radius 2 is 1.88 bits per heavy atom. The van der Waals surface area contributed by atoms with E-state index in [9.17, 15) is 22.7 Å². The molecular formula is C16H16F4N2OS. The summed E-state index contributed by atoms with van der Waals surface area (Å²) in [4.78, 5) is 2.48. The molecule has 8 heteroatoms. The van der Waals surface area contributed by atoms with Gasteiger partial charge in [0.25, 0.3) is 0 Å². The van der Waals surface area contributed by atoms with E-state index in [-0.39, 0.29) is 0 Å². The smallest absolute Gasteiger partial charge is 0.416 e. The van der Waals surface area contributed by atoms with Crippen LogP contribution in [0.15, 0.2) is 29.6 Å². The molecule has 0 unspecified atom stereocenters. The first-order chi connectivity index (χ1) is 11.4. The number of hydrogen-bond acceptors (Lipinski definition) is 4. The molecule has 1 aromatic carbocycles. The molecule has 130 valence electrons. The van der Waals surface area contributed by atoms with Gasteiger partial charge in [-0.3, -0.25) is 4.90 Å². The highest BCUT2D eigenvalue weighted by atomic mass is 32.1. The average molecular weight is 360 g/mol. The van der Waals surface area contributed by atoms with Crippen LogP contribution in [0.3, 0.4) is 0 Å². The molecule has 2 heterocycles. The molecule has 1 fully saturated rings. The first kappa shape index (κ1) is 17.2. The van der Waals surface area contributed by atoms with Gasteiger partial charge < -0.3 is 10.4 Å². The molecule has 1 aromatic heterocycles. The number of piperazine rings is 1. The second-order valence-corrected chi connectivity index (χ2v) is 6.54. The monoisotopic (exact) mass is 360 g/mol. The third-order valence-electron chi connectivity index (χ3n) is 4.08. The first-order valence-electron chi connectivity index (χ1n) is 7.46. The summed E-state index contributed by atoms with van der Waals surface area (Å²) >= 11 is 1.29. The van der Waals surface area contributed by atoms with E-state index in [1.54, 1.807) is 17.5 Å². The molecule has 1 aliphatic heterocycles. The molecule has 1 atom stereocenters. The molecule has 0 bridgehead atoms. The molecule has 0 spiro atoms. The Morgan fingerprint density at radius 1 is 1.17 bits per heavy atom. The van der Waals surface area contributed by atoms with E-state index in [0.717, 1.165) is 0 Å². The summed E-state index contributed by atoms with van der Waals surface area (Å²) in [6, 6.07) is 3.97. The lowest BCUT2D eigenvalue weighted by Gasteiger charge is -2.36. The van der Waals surface area contributed by atoms with Crippen molar-refractivity contribution in [3.05, 3.63) is 51.5 Å². The molecule has 0 radical (unpaired) electrons. The predicted molar refractivity (Wildman–Crippen MR) is 83.7 cm³/mol. The summed E-state index contributed by atoms with van der Waals surface area (Å²) in [5.41, 5.74) is -1.41. The largest absolute Gasteiger partial charge is 0.505 e. The third kappa shape index (κ3) is 3.26. The van der Waals surface area contributed by atoms with Crippen LogP contribution < -0.4 is 5.32 Å². The van der Waals surface area contributed by atoms with Crippen molar-refractivity contribution in [2.45, 2.75) is 12.2 Å². The highest BCUT2D eigenvalue weighted by molar-refractivity contribution is 7.10. The van der Waals surface area contributed by atoms with Crippen molar-refractivity contribution < 1.29 is 22.7 Å². The Bertz CT molecular complexity index is 697. The highest BCUT2D eigenvalue weighted by Crippen LogP contribution is 2.45. The maximum Gasteiger partial charge on any atom is 0.416 e. The molecule has 3 rings (SSSR count). The number of thiophene rings is 1. The number of nitrogens with one attached hydrogen (secondary N) is 1. The third-order valence-corrected chi connectivity index (χ3v) is 5.00. The van der Waals surface area contributed by atoms with E-state index in [2.05, 4.69) is 5.32 Å². The Labute approximate surface area is 140 Å². The number of nitrogens with zero attached hydrogens (tertiary/aromatic N) is 1. The van der Waals surface area contributed by atoms with Crippen molar-refractivity contribution in [1.29, 1.82) is 0 Å². The van der Waals surface area contributed by atoms with Gasteiger partial charge in [-0.15, -0.1) is 11.3 Å². The Morgan fingerprint density at radius 3 is 2.46 bits per heavy atom. The van der Waals surface area contributed by atoms with Gasteiger partial charge >= 0.3 is 6.18 Å². The number of rotatable bonds is 3. The summed E-state index contributed by atoms with van der Waals surface area (Å²) in [5, 5.41) is 15.0. The van der Waals surface area contributed by atoms with Crippen LogP contribution in [0.2, 0.25) is 0 Å². The molecule has 2 aromatic rings. The zero-order valence-corrected chi connectivity index (χ0v) is 13.4. The van der Waals surface area contributed by atoms with Crippen LogP contribution in [-0.2, 0) is 6.18 Å². The van der Waals surface area contributed by atoms with Crippen molar-refractivity contribution >= 4 is 11.3 Å². The SMILES string of the molecule is Oc1c(F)ccc(C(F)(F)F)c1[C@@H](c1cccs1)N1CCNCC1. The molecule has 1 aliphatic rings. The van der Waals surface area contributed by atoms with Gasteiger partial charge in [-0.05, 0) is 23.6 Å². The van der Waals surface area contributed by atoms with Crippen molar-refractivity contribution in [3.63, 3.8) is 0 Å². The lowest BCUT2D eigenvalue weighted by molar-refractivity contribution is -0.138. The summed E-state index contributed by atoms with van der Waals surface area (Å²) < 4.78 is 54.3. The van der Waals surface area contributed by atoms with Crippen molar-refractivity contribution in [3.8, 4) is 5.75 Å². The topological polar surface area (TPSA) is 35.5 Å². The fourth-order valence-electron chi connectivity index (χ4n) is 3.00. The zero-order valence-electron chi connectivity index (χ0n) is 12.6. The minimum absolute atomic E-state index is 0.410. The first-order valence-corrected chi connectivity index (χ1v) is 8.34. The minimum atomic E-state index is -4.68. The molecular weight excluding hydrogens is 344 g/mol. The van der Waals surface area contributed by atoms with E-state index >= 15 is 0 Å². The van der Waals surface area contributed by atoms with Gasteiger partial charge in [0.05, 0.1) is 11.6 Å². The number of hydrogen-bond donors (Lipinski definition) is 2. The van der Waals surface area contributed by atoms with Crippen LogP contribution in [0.25, 0.3) is 0 Å². The second-order valence-electron chi connectivity index (χ2n) is 5.56. The van der Waals surface area contributed by atoms with Gasteiger partial charge in [0.15, 0.2) is 11.6 Å². The Balaban J connectivity index is 2.19. The van der Waals surface area contributed by atoms with E-state index in [1.807, 2.05) is 4.90 Å². The van der Waals surface area contributed by atoms with Crippen LogP contribution >= 0.6 is 11.3 Å². The number of phenols is 1. The number of aromatic hydroxyl groups is 1. The molecule has 24 heavy (non-hydrogen) atoms. The number of phenolic OH excluding ortho intramolecular Hbond substituents is 1. The fourth-order valence-corrected chi connectivity index (χ4v) is 3.86. The normalized spacial score (nSPS) is 17.8. The maximum absolute atomic E-state index is 13.9. The van der Waals surface area contributed by atoms with Crippen molar-refractivity contribution in [2.24, 2.45) is 0 Å². The average Bonchev–Trinajstić information content (AvgIpc) is 3.06.